The zero-order valence-electron chi connectivity index (χ0n) is 10.9. The Morgan fingerprint density at radius 1 is 1.21 bits per heavy atom. The standard InChI is InChI=1S/C16H15BrO2/c1-11-4-3-5-13(8-11)10-19-16-9-14(17)6-7-15(16)12(2)18/h3-9H,10H2,1-2H3. The molecule has 0 aliphatic heterocycles. The van der Waals surface area contributed by atoms with Gasteiger partial charge < -0.3 is 4.74 Å². The third-order valence-corrected chi connectivity index (χ3v) is 3.29. The van der Waals surface area contributed by atoms with Gasteiger partial charge in [0.1, 0.15) is 12.4 Å². The third-order valence-electron chi connectivity index (χ3n) is 2.80. The van der Waals surface area contributed by atoms with E-state index >= 15 is 0 Å². The minimum Gasteiger partial charge on any atom is -0.488 e. The number of carbonyl (C=O) groups is 1. The van der Waals surface area contributed by atoms with Crippen molar-refractivity contribution in [1.29, 1.82) is 0 Å². The number of benzene rings is 2. The highest BCUT2D eigenvalue weighted by molar-refractivity contribution is 9.10. The van der Waals surface area contributed by atoms with Crippen molar-refractivity contribution in [3.05, 3.63) is 63.6 Å². The van der Waals surface area contributed by atoms with Crippen LogP contribution in [0.2, 0.25) is 0 Å². The van der Waals surface area contributed by atoms with Gasteiger partial charge in [-0.3, -0.25) is 4.79 Å². The lowest BCUT2D eigenvalue weighted by molar-refractivity contribution is 0.101. The first-order valence-corrected chi connectivity index (χ1v) is 6.84. The normalized spacial score (nSPS) is 10.3. The molecular formula is C16H15BrO2. The minimum atomic E-state index is 0.00624. The summed E-state index contributed by atoms with van der Waals surface area (Å²) >= 11 is 3.39. The SMILES string of the molecule is CC(=O)c1ccc(Br)cc1OCc1cccc(C)c1. The van der Waals surface area contributed by atoms with E-state index in [1.54, 1.807) is 13.0 Å². The van der Waals surface area contributed by atoms with E-state index < -0.39 is 0 Å². The number of ether oxygens (including phenoxy) is 1. The predicted molar refractivity (Wildman–Crippen MR) is 79.7 cm³/mol. The number of rotatable bonds is 4. The average Bonchev–Trinajstić information content (AvgIpc) is 2.36. The van der Waals surface area contributed by atoms with Crippen LogP contribution in [0.1, 0.15) is 28.4 Å². The number of carbonyl (C=O) groups excluding carboxylic acids is 1. The van der Waals surface area contributed by atoms with Gasteiger partial charge in [-0.2, -0.15) is 0 Å². The van der Waals surface area contributed by atoms with Gasteiger partial charge in [-0.1, -0.05) is 45.8 Å². The summed E-state index contributed by atoms with van der Waals surface area (Å²) in [5, 5.41) is 0. The molecule has 0 fully saturated rings. The molecule has 3 heteroatoms. The number of Topliss-reactive ketones (excluding diaryl/α,β-unsaturated/α-hetero) is 1. The molecule has 0 N–H and O–H groups in total. The summed E-state index contributed by atoms with van der Waals surface area (Å²) in [7, 11) is 0. The predicted octanol–water partition coefficient (Wildman–Crippen LogP) is 4.54. The lowest BCUT2D eigenvalue weighted by Gasteiger charge is -2.10. The molecule has 0 heterocycles. The molecule has 0 unspecified atom stereocenters. The van der Waals surface area contributed by atoms with Crippen LogP contribution in [-0.4, -0.2) is 5.78 Å². The first-order valence-electron chi connectivity index (χ1n) is 6.05. The van der Waals surface area contributed by atoms with E-state index in [4.69, 9.17) is 4.74 Å². The van der Waals surface area contributed by atoms with Crippen molar-refractivity contribution in [1.82, 2.24) is 0 Å². The monoisotopic (exact) mass is 318 g/mol. The molecule has 2 aromatic carbocycles. The van der Waals surface area contributed by atoms with Crippen LogP contribution in [0.15, 0.2) is 46.9 Å². The summed E-state index contributed by atoms with van der Waals surface area (Å²) < 4.78 is 6.67. The van der Waals surface area contributed by atoms with Crippen molar-refractivity contribution < 1.29 is 9.53 Å². The molecule has 0 radical (unpaired) electrons. The lowest BCUT2D eigenvalue weighted by atomic mass is 10.1. The Kier molecular flexibility index (Phi) is 4.38. The molecule has 0 bridgehead atoms. The Labute approximate surface area is 121 Å². The number of aryl methyl sites for hydroxylation is 1. The lowest BCUT2D eigenvalue weighted by Crippen LogP contribution is -2.01. The van der Waals surface area contributed by atoms with E-state index in [-0.39, 0.29) is 5.78 Å². The van der Waals surface area contributed by atoms with Gasteiger partial charge in [0.2, 0.25) is 0 Å². The molecule has 0 aromatic heterocycles. The Morgan fingerprint density at radius 3 is 2.68 bits per heavy atom. The summed E-state index contributed by atoms with van der Waals surface area (Å²) in [5.41, 5.74) is 2.90. The second-order valence-electron chi connectivity index (χ2n) is 4.47. The number of ketones is 1. The van der Waals surface area contributed by atoms with Crippen molar-refractivity contribution in [3.8, 4) is 5.75 Å². The average molecular weight is 319 g/mol. The second kappa shape index (κ2) is 6.02. The number of halogens is 1. The summed E-state index contributed by atoms with van der Waals surface area (Å²) in [5.74, 6) is 0.620. The summed E-state index contributed by atoms with van der Waals surface area (Å²) in [4.78, 5) is 11.5. The molecule has 98 valence electrons. The molecule has 0 aliphatic rings. The number of hydrogen-bond acceptors (Lipinski definition) is 2. The van der Waals surface area contributed by atoms with E-state index in [1.165, 1.54) is 5.56 Å². The van der Waals surface area contributed by atoms with E-state index in [9.17, 15) is 4.79 Å². The molecule has 19 heavy (non-hydrogen) atoms. The van der Waals surface area contributed by atoms with Crippen molar-refractivity contribution >= 4 is 21.7 Å². The van der Waals surface area contributed by atoms with Crippen molar-refractivity contribution in [2.24, 2.45) is 0 Å². The van der Waals surface area contributed by atoms with Crippen molar-refractivity contribution in [2.75, 3.05) is 0 Å². The fraction of sp³-hybridized carbons (Fsp3) is 0.188. The van der Waals surface area contributed by atoms with E-state index in [1.807, 2.05) is 37.3 Å². The van der Waals surface area contributed by atoms with E-state index in [2.05, 4.69) is 22.0 Å². The Balaban J connectivity index is 2.19. The van der Waals surface area contributed by atoms with Gasteiger partial charge in [0.15, 0.2) is 5.78 Å². The van der Waals surface area contributed by atoms with Crippen LogP contribution in [0.4, 0.5) is 0 Å². The van der Waals surface area contributed by atoms with Crippen molar-refractivity contribution in [3.63, 3.8) is 0 Å². The molecule has 2 rings (SSSR count). The maximum atomic E-state index is 11.5. The maximum absolute atomic E-state index is 11.5. The van der Waals surface area contributed by atoms with E-state index in [0.717, 1.165) is 10.0 Å². The van der Waals surface area contributed by atoms with Gasteiger partial charge in [0.25, 0.3) is 0 Å². The quantitative estimate of drug-likeness (QED) is 0.774. The maximum Gasteiger partial charge on any atom is 0.163 e. The molecule has 2 nitrogen and oxygen atoms in total. The van der Waals surface area contributed by atoms with E-state index in [0.29, 0.717) is 17.9 Å². The number of hydrogen-bond donors (Lipinski definition) is 0. The van der Waals surface area contributed by atoms with Crippen LogP contribution in [0.3, 0.4) is 0 Å². The van der Waals surface area contributed by atoms with Gasteiger partial charge in [0.05, 0.1) is 5.56 Å². The molecule has 0 saturated heterocycles. The minimum absolute atomic E-state index is 0.00624. The van der Waals surface area contributed by atoms with Crippen LogP contribution in [-0.2, 0) is 6.61 Å². The van der Waals surface area contributed by atoms with Gasteiger partial charge in [-0.05, 0) is 37.6 Å². The Hall–Kier alpha value is -1.61. The fourth-order valence-electron chi connectivity index (χ4n) is 1.87. The summed E-state index contributed by atoms with van der Waals surface area (Å²) in [6.07, 6.45) is 0. The highest BCUT2D eigenvalue weighted by Crippen LogP contribution is 2.25. The van der Waals surface area contributed by atoms with Crippen molar-refractivity contribution in [2.45, 2.75) is 20.5 Å². The zero-order chi connectivity index (χ0) is 13.8. The largest absolute Gasteiger partial charge is 0.488 e. The van der Waals surface area contributed by atoms with Crippen LogP contribution in [0.5, 0.6) is 5.75 Å². The van der Waals surface area contributed by atoms with Crippen LogP contribution in [0.25, 0.3) is 0 Å². The zero-order valence-corrected chi connectivity index (χ0v) is 12.5. The second-order valence-corrected chi connectivity index (χ2v) is 5.39. The first-order chi connectivity index (χ1) is 9.06. The third kappa shape index (κ3) is 3.67. The topological polar surface area (TPSA) is 26.3 Å². The van der Waals surface area contributed by atoms with Gasteiger partial charge in [-0.15, -0.1) is 0 Å². The van der Waals surface area contributed by atoms with Crippen LogP contribution in [0, 0.1) is 6.92 Å². The Morgan fingerprint density at radius 2 is 2.00 bits per heavy atom. The summed E-state index contributed by atoms with van der Waals surface area (Å²) in [6.45, 7) is 4.05. The molecule has 0 spiro atoms. The van der Waals surface area contributed by atoms with Gasteiger partial charge >= 0.3 is 0 Å². The van der Waals surface area contributed by atoms with Gasteiger partial charge in [0, 0.05) is 4.47 Å². The smallest absolute Gasteiger partial charge is 0.163 e. The van der Waals surface area contributed by atoms with Gasteiger partial charge in [-0.25, -0.2) is 0 Å². The van der Waals surface area contributed by atoms with Crippen LogP contribution >= 0.6 is 15.9 Å². The highest BCUT2D eigenvalue weighted by atomic mass is 79.9. The molecular weight excluding hydrogens is 304 g/mol. The molecule has 2 aromatic rings. The highest BCUT2D eigenvalue weighted by Gasteiger charge is 2.09. The Bertz CT molecular complexity index is 605. The fourth-order valence-corrected chi connectivity index (χ4v) is 2.21. The molecule has 0 saturated carbocycles. The van der Waals surface area contributed by atoms with Crippen LogP contribution < -0.4 is 4.74 Å². The summed E-state index contributed by atoms with van der Waals surface area (Å²) in [6, 6.07) is 13.6. The molecule has 0 aliphatic carbocycles. The molecule has 0 atom stereocenters. The molecule has 0 amide bonds. The first kappa shape index (κ1) is 13.8.